The van der Waals surface area contributed by atoms with Gasteiger partial charge in [0.05, 0.1) is 12.5 Å². The molecule has 0 saturated carbocycles. The Bertz CT molecular complexity index is 2430. The average Bonchev–Trinajstić information content (AvgIpc) is 3.85. The summed E-state index contributed by atoms with van der Waals surface area (Å²) in [5.41, 5.74) is 15.1. The lowest BCUT2D eigenvalue weighted by Gasteiger charge is -2.28. The zero-order valence-electron chi connectivity index (χ0n) is 36.5. The molecule has 6 amide bonds. The van der Waals surface area contributed by atoms with Gasteiger partial charge in [-0.3, -0.25) is 33.6 Å². The molecule has 17 heteroatoms. The van der Waals surface area contributed by atoms with Crippen LogP contribution in [0.5, 0.6) is 0 Å². The number of nitrogens with one attached hydrogen (secondary N) is 7. The molecule has 3 aromatic carbocycles. The smallest absolute Gasteiger partial charge is 0.305 e. The van der Waals surface area contributed by atoms with Crippen molar-refractivity contribution in [3.63, 3.8) is 0 Å². The van der Waals surface area contributed by atoms with Gasteiger partial charge in [0.2, 0.25) is 35.4 Å². The monoisotopic (exact) mass is 877 g/mol. The average molecular weight is 878 g/mol. The van der Waals surface area contributed by atoms with Crippen LogP contribution in [0, 0.1) is 11.8 Å². The molecule has 0 saturated heterocycles. The van der Waals surface area contributed by atoms with Crippen molar-refractivity contribution in [2.75, 3.05) is 0 Å². The number of para-hydroxylation sites is 2. The van der Waals surface area contributed by atoms with Crippen molar-refractivity contribution in [1.29, 1.82) is 0 Å². The number of hydrogen-bond acceptors (Lipinski definition) is 8. The minimum absolute atomic E-state index is 0.0262. The molecule has 0 aliphatic rings. The summed E-state index contributed by atoms with van der Waals surface area (Å²) >= 11 is 0. The minimum Gasteiger partial charge on any atom is -0.481 e. The number of aromatic nitrogens is 2. The maximum atomic E-state index is 14.7. The number of benzene rings is 3. The molecule has 340 valence electrons. The fourth-order valence-corrected chi connectivity index (χ4v) is 7.59. The Hall–Kier alpha value is -7.01. The molecule has 5 rings (SSSR count). The summed E-state index contributed by atoms with van der Waals surface area (Å²) in [6.45, 7) is 7.53. The van der Waals surface area contributed by atoms with E-state index in [1.807, 2.05) is 76.2 Å². The lowest BCUT2D eigenvalue weighted by Crippen LogP contribution is -2.60. The summed E-state index contributed by atoms with van der Waals surface area (Å²) in [4.78, 5) is 101. The molecule has 0 radical (unpaired) electrons. The van der Waals surface area contributed by atoms with E-state index in [1.54, 1.807) is 42.7 Å². The van der Waals surface area contributed by atoms with Gasteiger partial charge < -0.3 is 53.1 Å². The Morgan fingerprint density at radius 1 is 0.531 bits per heavy atom. The van der Waals surface area contributed by atoms with Crippen molar-refractivity contribution in [1.82, 2.24) is 36.6 Å². The van der Waals surface area contributed by atoms with Gasteiger partial charge in [-0.15, -0.1) is 0 Å². The second-order valence-electron chi connectivity index (χ2n) is 17.0. The Morgan fingerprint density at radius 3 is 1.39 bits per heavy atom. The van der Waals surface area contributed by atoms with Crippen molar-refractivity contribution < 1.29 is 38.7 Å². The quantitative estimate of drug-likeness (QED) is 0.0461. The number of amides is 6. The summed E-state index contributed by atoms with van der Waals surface area (Å²) in [7, 11) is 0. The predicted molar refractivity (Wildman–Crippen MR) is 242 cm³/mol. The molecule has 12 N–H and O–H groups in total. The third-order valence-corrected chi connectivity index (χ3v) is 10.8. The Kier molecular flexibility index (Phi) is 16.8. The summed E-state index contributed by atoms with van der Waals surface area (Å²) in [6, 6.07) is 16.2. The Balaban J connectivity index is 1.47. The molecule has 0 spiro atoms. The summed E-state index contributed by atoms with van der Waals surface area (Å²) < 4.78 is 0. The number of aromatic amines is 2. The topological polar surface area (TPSA) is 283 Å². The maximum absolute atomic E-state index is 14.7. The van der Waals surface area contributed by atoms with Crippen molar-refractivity contribution in [3.8, 4) is 0 Å². The second kappa shape index (κ2) is 22.4. The number of primary amides is 1. The molecular weight excluding hydrogens is 819 g/mol. The molecule has 6 atom stereocenters. The largest absolute Gasteiger partial charge is 0.481 e. The number of rotatable bonds is 23. The van der Waals surface area contributed by atoms with Crippen LogP contribution in [0.4, 0.5) is 0 Å². The molecule has 0 aliphatic carbocycles. The van der Waals surface area contributed by atoms with Gasteiger partial charge in [0.15, 0.2) is 0 Å². The molecule has 64 heavy (non-hydrogen) atoms. The van der Waals surface area contributed by atoms with Crippen molar-refractivity contribution >= 4 is 63.2 Å². The number of aliphatic carboxylic acids is 1. The van der Waals surface area contributed by atoms with Crippen LogP contribution in [-0.2, 0) is 52.8 Å². The molecule has 2 aromatic heterocycles. The van der Waals surface area contributed by atoms with E-state index in [4.69, 9.17) is 11.5 Å². The predicted octanol–water partition coefficient (Wildman–Crippen LogP) is 2.48. The third kappa shape index (κ3) is 13.5. The number of nitrogens with two attached hydrogens (primary N) is 2. The van der Waals surface area contributed by atoms with E-state index in [0.29, 0.717) is 23.1 Å². The first-order chi connectivity index (χ1) is 30.5. The van der Waals surface area contributed by atoms with Crippen LogP contribution in [0.1, 0.15) is 63.6 Å². The SMILES string of the molecule is CC(C)CC(NC(=O)C(CC(C)C)NC(=O)C(Cc1c[nH]c2ccccc12)NC(=O)C(Cc1ccccc1)NC(=O)C(Cc1c[nH]c2ccccc12)NC(=O)C(N)CC(=O)O)C(N)=O. The van der Waals surface area contributed by atoms with Crippen LogP contribution in [0.3, 0.4) is 0 Å². The number of carbonyl (C=O) groups excluding carboxylic acids is 6. The first-order valence-corrected chi connectivity index (χ1v) is 21.4. The van der Waals surface area contributed by atoms with Gasteiger partial charge in [0, 0.05) is 53.5 Å². The second-order valence-corrected chi connectivity index (χ2v) is 17.0. The molecule has 0 fully saturated rings. The Labute approximate surface area is 371 Å². The number of carboxylic acid groups (broad SMARTS) is 1. The van der Waals surface area contributed by atoms with Gasteiger partial charge in [-0.25, -0.2) is 0 Å². The third-order valence-electron chi connectivity index (χ3n) is 10.8. The van der Waals surface area contributed by atoms with E-state index < -0.39 is 84.1 Å². The molecule has 0 bridgehead atoms. The molecule has 2 heterocycles. The lowest BCUT2D eigenvalue weighted by atomic mass is 9.98. The highest BCUT2D eigenvalue weighted by atomic mass is 16.4. The van der Waals surface area contributed by atoms with E-state index in [9.17, 15) is 38.7 Å². The van der Waals surface area contributed by atoms with E-state index in [2.05, 4.69) is 36.6 Å². The minimum atomic E-state index is -1.47. The van der Waals surface area contributed by atoms with E-state index in [1.165, 1.54) is 0 Å². The summed E-state index contributed by atoms with van der Waals surface area (Å²) in [6.07, 6.45) is 3.12. The maximum Gasteiger partial charge on any atom is 0.305 e. The summed E-state index contributed by atoms with van der Waals surface area (Å²) in [5, 5.41) is 24.7. The highest BCUT2D eigenvalue weighted by Gasteiger charge is 2.34. The van der Waals surface area contributed by atoms with Gasteiger partial charge in [0.25, 0.3) is 0 Å². The van der Waals surface area contributed by atoms with Crippen molar-refractivity contribution in [3.05, 3.63) is 108 Å². The number of carbonyl (C=O) groups is 7. The van der Waals surface area contributed by atoms with Crippen LogP contribution in [0.15, 0.2) is 91.3 Å². The summed E-state index contributed by atoms with van der Waals surface area (Å²) in [5.74, 6) is -5.75. The zero-order chi connectivity index (χ0) is 46.5. The number of hydrogen-bond donors (Lipinski definition) is 10. The van der Waals surface area contributed by atoms with Crippen molar-refractivity contribution in [2.24, 2.45) is 23.3 Å². The first-order valence-electron chi connectivity index (χ1n) is 21.4. The Morgan fingerprint density at radius 2 is 0.922 bits per heavy atom. The van der Waals surface area contributed by atoms with Gasteiger partial charge in [0.1, 0.15) is 30.2 Å². The molecule has 17 nitrogen and oxygen atoms in total. The highest BCUT2D eigenvalue weighted by molar-refractivity contribution is 5.98. The van der Waals surface area contributed by atoms with Gasteiger partial charge in [-0.05, 0) is 53.5 Å². The highest BCUT2D eigenvalue weighted by Crippen LogP contribution is 2.21. The number of fused-ring (bicyclic) bond motifs is 2. The van der Waals surface area contributed by atoms with Crippen LogP contribution in [0.25, 0.3) is 21.8 Å². The fourth-order valence-electron chi connectivity index (χ4n) is 7.59. The van der Waals surface area contributed by atoms with Crippen LogP contribution < -0.4 is 38.1 Å². The lowest BCUT2D eigenvalue weighted by molar-refractivity contribution is -0.140. The zero-order valence-corrected chi connectivity index (χ0v) is 36.5. The van der Waals surface area contributed by atoms with Crippen LogP contribution in [0.2, 0.25) is 0 Å². The normalized spacial score (nSPS) is 14.2. The van der Waals surface area contributed by atoms with E-state index in [0.717, 1.165) is 21.8 Å². The number of H-pyrrole nitrogens is 2. The van der Waals surface area contributed by atoms with E-state index >= 15 is 0 Å². The number of carboxylic acids is 1. The molecular formula is C47H59N9O8. The van der Waals surface area contributed by atoms with Gasteiger partial charge in [-0.2, -0.15) is 0 Å². The van der Waals surface area contributed by atoms with E-state index in [-0.39, 0.29) is 37.5 Å². The fraction of sp³-hybridized carbons (Fsp3) is 0.383. The van der Waals surface area contributed by atoms with Crippen LogP contribution in [-0.4, -0.2) is 92.7 Å². The van der Waals surface area contributed by atoms with Crippen LogP contribution >= 0.6 is 0 Å². The first kappa shape index (κ1) is 48.0. The standard InChI is InChI=1S/C47H59N9O8/c1-26(2)18-36(42(49)59)52-44(61)37(19-27(3)4)54-47(64)40(22-30-25-51-35-17-11-9-15-32(30)35)56-45(62)38(20-28-12-6-5-7-13-28)55-46(63)39(53-43(60)33(48)23-41(57)58)21-29-24-50-34-16-10-8-14-31(29)34/h5-17,24-27,33,36-40,50-51H,18-23,48H2,1-4H3,(H2,49,59)(H,52,61)(H,53,60)(H,54,64)(H,55,63)(H,56,62)(H,57,58). The molecule has 6 unspecified atom stereocenters. The van der Waals surface area contributed by atoms with Crippen molar-refractivity contribution in [2.45, 2.75) is 102 Å². The molecule has 0 aliphatic heterocycles. The van der Waals surface area contributed by atoms with Gasteiger partial charge in [-0.1, -0.05) is 94.4 Å². The molecule has 5 aromatic rings. The van der Waals surface area contributed by atoms with Gasteiger partial charge >= 0.3 is 5.97 Å².